The van der Waals surface area contributed by atoms with Gasteiger partial charge in [-0.2, -0.15) is 0 Å². The maximum atomic E-state index is 11.8. The topological polar surface area (TPSA) is 38.3 Å². The molecular weight excluding hydrogens is 226 g/mol. The number of hydrogen-bond donors (Lipinski definition) is 1. The summed E-state index contributed by atoms with van der Waals surface area (Å²) in [7, 11) is 0. The molecule has 0 radical (unpaired) electrons. The van der Waals surface area contributed by atoms with Crippen LogP contribution in [-0.2, 0) is 4.79 Å². The number of benzene rings is 1. The summed E-state index contributed by atoms with van der Waals surface area (Å²) < 4.78 is 5.65. The molecule has 0 aliphatic rings. The molecule has 1 amide bonds. The molecule has 3 heteroatoms. The molecule has 0 aromatic heterocycles. The Kier molecular flexibility index (Phi) is 5.20. The van der Waals surface area contributed by atoms with Crippen LogP contribution in [0.25, 0.3) is 0 Å². The highest BCUT2D eigenvalue weighted by Gasteiger charge is 2.16. The van der Waals surface area contributed by atoms with Gasteiger partial charge in [-0.05, 0) is 57.4 Å². The van der Waals surface area contributed by atoms with Crippen molar-refractivity contribution >= 4 is 5.91 Å². The third-order valence-electron chi connectivity index (χ3n) is 3.16. The zero-order chi connectivity index (χ0) is 13.7. The van der Waals surface area contributed by atoms with Gasteiger partial charge in [0.2, 0.25) is 0 Å². The fourth-order valence-corrected chi connectivity index (χ4v) is 1.51. The highest BCUT2D eigenvalue weighted by Crippen LogP contribution is 2.17. The van der Waals surface area contributed by atoms with Gasteiger partial charge in [-0.1, -0.05) is 13.0 Å². The fourth-order valence-electron chi connectivity index (χ4n) is 1.51. The van der Waals surface area contributed by atoms with Crippen molar-refractivity contribution < 1.29 is 9.53 Å². The van der Waals surface area contributed by atoms with Crippen LogP contribution in [0.2, 0.25) is 0 Å². The summed E-state index contributed by atoms with van der Waals surface area (Å²) >= 11 is 0. The molecule has 1 aromatic carbocycles. The summed E-state index contributed by atoms with van der Waals surface area (Å²) in [6.07, 6.45) is 0.448. The third kappa shape index (κ3) is 4.06. The summed E-state index contributed by atoms with van der Waals surface area (Å²) in [5.41, 5.74) is 2.39. The predicted octanol–water partition coefficient (Wildman–Crippen LogP) is 2.99. The monoisotopic (exact) mass is 249 g/mol. The van der Waals surface area contributed by atoms with E-state index in [-0.39, 0.29) is 11.9 Å². The summed E-state index contributed by atoms with van der Waals surface area (Å²) in [6, 6.07) is 6.05. The van der Waals surface area contributed by atoms with E-state index in [0.717, 1.165) is 12.2 Å². The molecule has 1 N–H and O–H groups in total. The van der Waals surface area contributed by atoms with Crippen LogP contribution in [0.1, 0.15) is 38.3 Å². The standard InChI is InChI=1S/C15H23NO2/c1-6-12(4)16-15(17)13(5)18-14-8-7-10(2)11(3)9-14/h7-9,12-13H,6H2,1-5H3,(H,16,17)/t12-,13+/m1/s1. The van der Waals surface area contributed by atoms with Gasteiger partial charge >= 0.3 is 0 Å². The Morgan fingerprint density at radius 2 is 1.94 bits per heavy atom. The average molecular weight is 249 g/mol. The van der Waals surface area contributed by atoms with Crippen LogP contribution in [-0.4, -0.2) is 18.1 Å². The molecule has 0 saturated heterocycles. The number of amides is 1. The van der Waals surface area contributed by atoms with E-state index in [0.29, 0.717) is 0 Å². The molecule has 0 fully saturated rings. The highest BCUT2D eigenvalue weighted by molar-refractivity contribution is 5.80. The molecule has 2 atom stereocenters. The lowest BCUT2D eigenvalue weighted by Gasteiger charge is -2.18. The first-order chi connectivity index (χ1) is 8.43. The Morgan fingerprint density at radius 3 is 2.50 bits per heavy atom. The first kappa shape index (κ1) is 14.6. The summed E-state index contributed by atoms with van der Waals surface area (Å²) in [4.78, 5) is 11.8. The van der Waals surface area contributed by atoms with Crippen LogP contribution in [0, 0.1) is 13.8 Å². The number of rotatable bonds is 5. The van der Waals surface area contributed by atoms with Crippen LogP contribution in [0.3, 0.4) is 0 Å². The van der Waals surface area contributed by atoms with Gasteiger partial charge < -0.3 is 10.1 Å². The number of carbonyl (C=O) groups excluding carboxylic acids is 1. The molecule has 0 saturated carbocycles. The van der Waals surface area contributed by atoms with E-state index in [1.165, 1.54) is 11.1 Å². The Hall–Kier alpha value is -1.51. The van der Waals surface area contributed by atoms with Crippen molar-refractivity contribution in [1.29, 1.82) is 0 Å². The first-order valence-electron chi connectivity index (χ1n) is 6.48. The first-order valence-corrected chi connectivity index (χ1v) is 6.48. The molecule has 3 nitrogen and oxygen atoms in total. The van der Waals surface area contributed by atoms with E-state index in [9.17, 15) is 4.79 Å². The number of nitrogens with one attached hydrogen (secondary N) is 1. The summed E-state index contributed by atoms with van der Waals surface area (Å²) in [5.74, 6) is 0.674. The Balaban J connectivity index is 2.60. The van der Waals surface area contributed by atoms with Crippen LogP contribution < -0.4 is 10.1 Å². The quantitative estimate of drug-likeness (QED) is 0.871. The average Bonchev–Trinajstić information content (AvgIpc) is 2.33. The Morgan fingerprint density at radius 1 is 1.28 bits per heavy atom. The lowest BCUT2D eigenvalue weighted by Crippen LogP contribution is -2.40. The zero-order valence-electron chi connectivity index (χ0n) is 11.9. The summed E-state index contributed by atoms with van der Waals surface area (Å²) in [5, 5.41) is 2.91. The molecule has 0 heterocycles. The molecule has 1 aromatic rings. The van der Waals surface area contributed by atoms with E-state index in [4.69, 9.17) is 4.74 Å². The normalized spacial score (nSPS) is 13.8. The van der Waals surface area contributed by atoms with Gasteiger partial charge in [0.25, 0.3) is 5.91 Å². The number of aryl methyl sites for hydroxylation is 2. The van der Waals surface area contributed by atoms with Crippen LogP contribution in [0.4, 0.5) is 0 Å². The van der Waals surface area contributed by atoms with Crippen molar-refractivity contribution in [2.75, 3.05) is 0 Å². The second-order valence-electron chi connectivity index (χ2n) is 4.82. The molecule has 18 heavy (non-hydrogen) atoms. The largest absolute Gasteiger partial charge is 0.481 e. The molecule has 0 aliphatic heterocycles. The molecule has 0 aliphatic carbocycles. The van der Waals surface area contributed by atoms with E-state index in [1.54, 1.807) is 6.92 Å². The Bertz CT molecular complexity index is 415. The smallest absolute Gasteiger partial charge is 0.260 e. The molecule has 0 bridgehead atoms. The minimum atomic E-state index is -0.471. The number of ether oxygens (including phenoxy) is 1. The van der Waals surface area contributed by atoms with Gasteiger partial charge in [0, 0.05) is 6.04 Å². The van der Waals surface area contributed by atoms with Crippen molar-refractivity contribution in [3.05, 3.63) is 29.3 Å². The van der Waals surface area contributed by atoms with Crippen LogP contribution >= 0.6 is 0 Å². The number of carbonyl (C=O) groups is 1. The predicted molar refractivity (Wildman–Crippen MR) is 73.9 cm³/mol. The van der Waals surface area contributed by atoms with Crippen LogP contribution in [0.15, 0.2) is 18.2 Å². The van der Waals surface area contributed by atoms with E-state index in [1.807, 2.05) is 39.0 Å². The molecule has 0 spiro atoms. The molecular formula is C15H23NO2. The van der Waals surface area contributed by atoms with E-state index >= 15 is 0 Å². The fraction of sp³-hybridized carbons (Fsp3) is 0.533. The SMILES string of the molecule is CC[C@@H](C)NC(=O)[C@H](C)Oc1ccc(C)c(C)c1. The minimum Gasteiger partial charge on any atom is -0.481 e. The summed E-state index contributed by atoms with van der Waals surface area (Å²) in [6.45, 7) is 9.89. The second-order valence-corrected chi connectivity index (χ2v) is 4.82. The van der Waals surface area contributed by atoms with Crippen molar-refractivity contribution in [2.24, 2.45) is 0 Å². The molecule has 100 valence electrons. The van der Waals surface area contributed by atoms with Gasteiger partial charge in [-0.25, -0.2) is 0 Å². The van der Waals surface area contributed by atoms with Crippen molar-refractivity contribution in [3.8, 4) is 5.75 Å². The lowest BCUT2D eigenvalue weighted by atomic mass is 10.1. The zero-order valence-corrected chi connectivity index (χ0v) is 11.9. The van der Waals surface area contributed by atoms with Crippen molar-refractivity contribution in [3.63, 3.8) is 0 Å². The van der Waals surface area contributed by atoms with Gasteiger partial charge in [0.05, 0.1) is 0 Å². The highest BCUT2D eigenvalue weighted by atomic mass is 16.5. The van der Waals surface area contributed by atoms with E-state index < -0.39 is 6.10 Å². The second kappa shape index (κ2) is 6.43. The third-order valence-corrected chi connectivity index (χ3v) is 3.16. The van der Waals surface area contributed by atoms with Gasteiger partial charge in [0.1, 0.15) is 5.75 Å². The molecule has 1 rings (SSSR count). The van der Waals surface area contributed by atoms with Gasteiger partial charge in [0.15, 0.2) is 6.10 Å². The van der Waals surface area contributed by atoms with Gasteiger partial charge in [-0.3, -0.25) is 4.79 Å². The maximum absolute atomic E-state index is 11.8. The lowest BCUT2D eigenvalue weighted by molar-refractivity contribution is -0.127. The molecule has 0 unspecified atom stereocenters. The van der Waals surface area contributed by atoms with Crippen molar-refractivity contribution in [1.82, 2.24) is 5.32 Å². The maximum Gasteiger partial charge on any atom is 0.260 e. The van der Waals surface area contributed by atoms with Crippen LogP contribution in [0.5, 0.6) is 5.75 Å². The van der Waals surface area contributed by atoms with Crippen molar-refractivity contribution in [2.45, 2.75) is 53.2 Å². The van der Waals surface area contributed by atoms with Gasteiger partial charge in [-0.15, -0.1) is 0 Å². The van der Waals surface area contributed by atoms with E-state index in [2.05, 4.69) is 12.2 Å². The Labute approximate surface area is 110 Å². The minimum absolute atomic E-state index is 0.0671. The number of hydrogen-bond acceptors (Lipinski definition) is 2.